The van der Waals surface area contributed by atoms with E-state index >= 15 is 0 Å². The van der Waals surface area contributed by atoms with Gasteiger partial charge in [0.2, 0.25) is 5.78 Å². The van der Waals surface area contributed by atoms with Crippen molar-refractivity contribution < 1.29 is 34.8 Å². The molecule has 10 heteroatoms. The van der Waals surface area contributed by atoms with E-state index in [0.717, 1.165) is 5.56 Å². The molecular formula is C28H35N3O7. The molecule has 1 aromatic carbocycles. The minimum atomic E-state index is -2.64. The van der Waals surface area contributed by atoms with Crippen LogP contribution in [0.4, 0.5) is 0 Å². The highest BCUT2D eigenvalue weighted by molar-refractivity contribution is 6.24. The van der Waals surface area contributed by atoms with Gasteiger partial charge in [-0.25, -0.2) is 0 Å². The number of primary amides is 1. The van der Waals surface area contributed by atoms with Gasteiger partial charge < -0.3 is 26.2 Å². The van der Waals surface area contributed by atoms with Crippen LogP contribution in [0.25, 0.3) is 5.76 Å². The maximum atomic E-state index is 14.0. The first kappa shape index (κ1) is 27.6. The number of ketones is 2. The van der Waals surface area contributed by atoms with Gasteiger partial charge in [-0.05, 0) is 57.5 Å². The van der Waals surface area contributed by atoms with Crippen molar-refractivity contribution in [3.63, 3.8) is 0 Å². The molecule has 4 rings (SSSR count). The number of carbonyl (C=O) groups is 3. The Bertz CT molecular complexity index is 1310. The largest absolute Gasteiger partial charge is 0.508 e. The summed E-state index contributed by atoms with van der Waals surface area (Å²) >= 11 is 0. The van der Waals surface area contributed by atoms with E-state index in [2.05, 4.69) is 6.58 Å². The molecule has 1 saturated carbocycles. The van der Waals surface area contributed by atoms with Gasteiger partial charge in [-0.2, -0.15) is 0 Å². The molecule has 1 fully saturated rings. The van der Waals surface area contributed by atoms with E-state index in [1.165, 1.54) is 4.90 Å². The fraction of sp³-hybridized carbons (Fsp3) is 0.464. The minimum Gasteiger partial charge on any atom is -0.508 e. The zero-order valence-electron chi connectivity index (χ0n) is 22.1. The first-order chi connectivity index (χ1) is 17.8. The number of aliphatic hydroxyl groups excluding tert-OH is 2. The van der Waals surface area contributed by atoms with E-state index in [4.69, 9.17) is 5.73 Å². The lowest BCUT2D eigenvalue weighted by molar-refractivity contribution is -0.153. The first-order valence-electron chi connectivity index (χ1n) is 12.6. The number of carbonyl (C=O) groups excluding carboxylic acids is 3. The van der Waals surface area contributed by atoms with E-state index in [0.29, 0.717) is 30.6 Å². The van der Waals surface area contributed by atoms with Crippen molar-refractivity contribution in [1.29, 1.82) is 0 Å². The zero-order valence-corrected chi connectivity index (χ0v) is 22.1. The standard InChI is InChI=1S/C28H35N3O7/c1-6-8-31(5)12-15-9-13(7-2)16-10-14-11-17-21(30(3)4)24(34)20(27(29)37)26(36)28(17,38)25(35)18(14)23(33)19(16)22(15)32/h6,9,14,17,21,32-33,36,38H,1,7-8,10-12H2,2-5H3,(H2,29,37)/t14-,17-,21+,28-/m0/s1. The fourth-order valence-corrected chi connectivity index (χ4v) is 6.46. The van der Waals surface area contributed by atoms with E-state index in [1.54, 1.807) is 20.2 Å². The van der Waals surface area contributed by atoms with Gasteiger partial charge in [0, 0.05) is 30.1 Å². The van der Waals surface area contributed by atoms with Crippen LogP contribution in [0.5, 0.6) is 5.75 Å². The Kier molecular flexibility index (Phi) is 7.02. The third-order valence-electron chi connectivity index (χ3n) is 8.15. The number of benzene rings is 1. The number of aryl methyl sites for hydroxylation is 1. The lowest BCUT2D eigenvalue weighted by Gasteiger charge is -2.50. The van der Waals surface area contributed by atoms with Gasteiger partial charge in [-0.1, -0.05) is 19.1 Å². The number of rotatable bonds is 7. The molecule has 4 atom stereocenters. The van der Waals surface area contributed by atoms with Gasteiger partial charge in [-0.15, -0.1) is 6.58 Å². The third kappa shape index (κ3) is 3.86. The summed E-state index contributed by atoms with van der Waals surface area (Å²) in [6, 6.07) is 0.794. The zero-order chi connectivity index (χ0) is 28.3. The van der Waals surface area contributed by atoms with Crippen molar-refractivity contribution in [2.24, 2.45) is 17.6 Å². The minimum absolute atomic E-state index is 0.0690. The average Bonchev–Trinajstić information content (AvgIpc) is 2.82. The summed E-state index contributed by atoms with van der Waals surface area (Å²) in [5.74, 6) is -6.44. The molecular weight excluding hydrogens is 490 g/mol. The number of Topliss-reactive ketones (excluding diaryl/α,β-unsaturated/α-hetero) is 2. The quantitative estimate of drug-likeness (QED) is 0.259. The summed E-state index contributed by atoms with van der Waals surface area (Å²) in [6.07, 6.45) is 2.70. The molecule has 3 aliphatic rings. The van der Waals surface area contributed by atoms with Crippen LogP contribution in [0, 0.1) is 11.8 Å². The summed E-state index contributed by atoms with van der Waals surface area (Å²) in [5, 5.41) is 45.4. The van der Waals surface area contributed by atoms with E-state index in [9.17, 15) is 34.8 Å². The highest BCUT2D eigenvalue weighted by Crippen LogP contribution is 2.53. The molecule has 1 amide bonds. The maximum absolute atomic E-state index is 14.0. The molecule has 10 nitrogen and oxygen atoms in total. The number of nitrogens with zero attached hydrogens (tertiary/aromatic N) is 2. The van der Waals surface area contributed by atoms with Crippen LogP contribution in [0.3, 0.4) is 0 Å². The van der Waals surface area contributed by atoms with Crippen molar-refractivity contribution in [2.75, 3.05) is 27.7 Å². The molecule has 204 valence electrons. The molecule has 0 heterocycles. The van der Waals surface area contributed by atoms with E-state index in [1.807, 2.05) is 24.9 Å². The Morgan fingerprint density at radius 3 is 2.42 bits per heavy atom. The number of hydrogen-bond acceptors (Lipinski definition) is 9. The molecule has 0 saturated heterocycles. The second kappa shape index (κ2) is 9.68. The van der Waals surface area contributed by atoms with Crippen LogP contribution in [-0.4, -0.2) is 87.0 Å². The van der Waals surface area contributed by atoms with E-state index in [-0.39, 0.29) is 29.7 Å². The van der Waals surface area contributed by atoms with Crippen LogP contribution in [0.2, 0.25) is 0 Å². The van der Waals surface area contributed by atoms with Crippen molar-refractivity contribution >= 4 is 23.2 Å². The van der Waals surface area contributed by atoms with Crippen molar-refractivity contribution in [3.8, 4) is 5.75 Å². The topological polar surface area (TPSA) is 165 Å². The molecule has 0 bridgehead atoms. The summed E-state index contributed by atoms with van der Waals surface area (Å²) in [6.45, 7) is 6.62. The number of phenols is 1. The number of hydrogen-bond donors (Lipinski definition) is 5. The van der Waals surface area contributed by atoms with Gasteiger partial charge in [0.25, 0.3) is 5.91 Å². The molecule has 3 aliphatic carbocycles. The lowest BCUT2D eigenvalue weighted by Crippen LogP contribution is -2.65. The van der Waals surface area contributed by atoms with Crippen molar-refractivity contribution in [1.82, 2.24) is 9.80 Å². The number of fused-ring (bicyclic) bond motifs is 3. The number of aliphatic hydroxyl groups is 3. The lowest BCUT2D eigenvalue weighted by atomic mass is 9.57. The van der Waals surface area contributed by atoms with Crippen LogP contribution < -0.4 is 5.73 Å². The Balaban J connectivity index is 1.94. The second-order valence-corrected chi connectivity index (χ2v) is 10.7. The Labute approximate surface area is 221 Å². The summed E-state index contributed by atoms with van der Waals surface area (Å²) in [4.78, 5) is 42.7. The summed E-state index contributed by atoms with van der Waals surface area (Å²) in [7, 11) is 5.01. The molecule has 1 aromatic rings. The van der Waals surface area contributed by atoms with Gasteiger partial charge >= 0.3 is 0 Å². The molecule has 6 N–H and O–H groups in total. The van der Waals surface area contributed by atoms with Gasteiger partial charge in [-0.3, -0.25) is 24.2 Å². The number of amides is 1. The Morgan fingerprint density at radius 1 is 1.21 bits per heavy atom. The average molecular weight is 526 g/mol. The first-order valence-corrected chi connectivity index (χ1v) is 12.6. The predicted molar refractivity (Wildman–Crippen MR) is 140 cm³/mol. The summed E-state index contributed by atoms with van der Waals surface area (Å²) < 4.78 is 0. The monoisotopic (exact) mass is 525 g/mol. The van der Waals surface area contributed by atoms with Crippen molar-refractivity contribution in [3.05, 3.63) is 57.9 Å². The molecule has 0 unspecified atom stereocenters. The molecule has 0 spiro atoms. The number of aromatic hydroxyl groups is 1. The molecule has 0 aliphatic heterocycles. The SMILES string of the molecule is C=CCN(C)Cc1cc(CC)c2c(c1O)C(O)=C1C(=O)[C@]3(O)C(O)=C(C(N)=O)C(=O)[C@H](N(C)C)[C@@H]3C[C@@H]1C2. The van der Waals surface area contributed by atoms with Gasteiger partial charge in [0.15, 0.2) is 11.4 Å². The smallest absolute Gasteiger partial charge is 0.255 e. The van der Waals surface area contributed by atoms with Crippen LogP contribution >= 0.6 is 0 Å². The van der Waals surface area contributed by atoms with Crippen LogP contribution in [0.1, 0.15) is 35.6 Å². The van der Waals surface area contributed by atoms with E-state index < -0.39 is 58.0 Å². The molecule has 0 radical (unpaired) electrons. The van der Waals surface area contributed by atoms with Crippen LogP contribution in [0.15, 0.2) is 35.6 Å². The van der Waals surface area contributed by atoms with Crippen molar-refractivity contribution in [2.45, 2.75) is 44.4 Å². The normalized spacial score (nSPS) is 27.0. The fourth-order valence-electron chi connectivity index (χ4n) is 6.46. The summed E-state index contributed by atoms with van der Waals surface area (Å²) in [5.41, 5.74) is 4.04. The molecule has 38 heavy (non-hydrogen) atoms. The number of nitrogens with two attached hydrogens (primary N) is 1. The van der Waals surface area contributed by atoms with Crippen LogP contribution in [-0.2, 0) is 33.8 Å². The highest BCUT2D eigenvalue weighted by atomic mass is 16.3. The third-order valence-corrected chi connectivity index (χ3v) is 8.15. The predicted octanol–water partition coefficient (Wildman–Crippen LogP) is 1.14. The maximum Gasteiger partial charge on any atom is 0.255 e. The number of phenolic OH excluding ortho intramolecular Hbond substituents is 1. The highest BCUT2D eigenvalue weighted by Gasteiger charge is 2.64. The Morgan fingerprint density at radius 2 is 1.87 bits per heavy atom. The van der Waals surface area contributed by atoms with Gasteiger partial charge in [0.1, 0.15) is 22.8 Å². The van der Waals surface area contributed by atoms with Gasteiger partial charge in [0.05, 0.1) is 11.6 Å². The number of likely N-dealkylation sites (N-methyl/N-ethyl adjacent to an activating group) is 2. The Hall–Kier alpha value is -3.47. The molecule has 0 aromatic heterocycles. The second-order valence-electron chi connectivity index (χ2n) is 10.7.